The van der Waals surface area contributed by atoms with E-state index in [1.54, 1.807) is 11.8 Å². The van der Waals surface area contributed by atoms with Crippen molar-refractivity contribution in [1.29, 1.82) is 0 Å². The minimum absolute atomic E-state index is 0.124. The maximum absolute atomic E-state index is 12.2. The number of benzene rings is 2. The molecule has 0 aliphatic heterocycles. The van der Waals surface area contributed by atoms with Gasteiger partial charge in [-0.1, -0.05) is 35.9 Å². The number of rotatable bonds is 5. The summed E-state index contributed by atoms with van der Waals surface area (Å²) in [6.45, 7) is 2.00. The number of carbonyl (C=O) groups is 1. The molecule has 3 nitrogen and oxygen atoms in total. The molecule has 1 amide bonds. The van der Waals surface area contributed by atoms with Gasteiger partial charge in [0.05, 0.1) is 5.69 Å². The summed E-state index contributed by atoms with van der Waals surface area (Å²) >= 11 is 3.19. The monoisotopic (exact) mass is 340 g/mol. The first kappa shape index (κ1) is 15.8. The SMILES string of the molecule is Cc1ccc(C(=O)Nc2nc(CSc3ccccc3)cs2)cc1. The molecule has 0 fully saturated rings. The molecular formula is C18H16N2OS2. The van der Waals surface area contributed by atoms with Crippen LogP contribution in [0.4, 0.5) is 5.13 Å². The van der Waals surface area contributed by atoms with Crippen molar-refractivity contribution in [2.45, 2.75) is 17.6 Å². The molecule has 3 rings (SSSR count). The highest BCUT2D eigenvalue weighted by Crippen LogP contribution is 2.25. The second-order valence-corrected chi connectivity index (χ2v) is 6.97. The number of carbonyl (C=O) groups excluding carboxylic acids is 1. The van der Waals surface area contributed by atoms with E-state index in [9.17, 15) is 4.79 Å². The summed E-state index contributed by atoms with van der Waals surface area (Å²) in [7, 11) is 0. The first-order valence-electron chi connectivity index (χ1n) is 7.21. The second-order valence-electron chi connectivity index (χ2n) is 5.07. The van der Waals surface area contributed by atoms with Crippen molar-refractivity contribution < 1.29 is 4.79 Å². The topological polar surface area (TPSA) is 42.0 Å². The van der Waals surface area contributed by atoms with E-state index in [0.717, 1.165) is 17.0 Å². The number of amides is 1. The molecule has 2 aromatic carbocycles. The third-order valence-corrected chi connectivity index (χ3v) is 5.07. The number of nitrogens with zero attached hydrogens (tertiary/aromatic N) is 1. The molecule has 116 valence electrons. The highest BCUT2D eigenvalue weighted by Gasteiger charge is 2.09. The van der Waals surface area contributed by atoms with Crippen LogP contribution in [0.25, 0.3) is 0 Å². The Morgan fingerprint density at radius 1 is 1.13 bits per heavy atom. The second kappa shape index (κ2) is 7.44. The lowest BCUT2D eigenvalue weighted by atomic mass is 10.1. The van der Waals surface area contributed by atoms with Gasteiger partial charge in [-0.2, -0.15) is 0 Å². The quantitative estimate of drug-likeness (QED) is 0.665. The minimum atomic E-state index is -0.124. The molecule has 5 heteroatoms. The smallest absolute Gasteiger partial charge is 0.257 e. The fourth-order valence-electron chi connectivity index (χ4n) is 1.98. The maximum Gasteiger partial charge on any atom is 0.257 e. The van der Waals surface area contributed by atoms with Gasteiger partial charge >= 0.3 is 0 Å². The van der Waals surface area contributed by atoms with E-state index in [0.29, 0.717) is 10.7 Å². The average molecular weight is 340 g/mol. The minimum Gasteiger partial charge on any atom is -0.298 e. The Kier molecular flexibility index (Phi) is 5.10. The van der Waals surface area contributed by atoms with Crippen molar-refractivity contribution in [3.8, 4) is 0 Å². The Hall–Kier alpha value is -2.11. The fraction of sp³-hybridized carbons (Fsp3) is 0.111. The van der Waals surface area contributed by atoms with Crippen LogP contribution < -0.4 is 5.32 Å². The van der Waals surface area contributed by atoms with Crippen LogP contribution in [0.1, 0.15) is 21.6 Å². The van der Waals surface area contributed by atoms with E-state index in [2.05, 4.69) is 22.4 Å². The van der Waals surface area contributed by atoms with Crippen molar-refractivity contribution >= 4 is 34.1 Å². The molecule has 3 aromatic rings. The summed E-state index contributed by atoms with van der Waals surface area (Å²) in [6.07, 6.45) is 0. The lowest BCUT2D eigenvalue weighted by molar-refractivity contribution is 0.102. The number of nitrogens with one attached hydrogen (secondary N) is 1. The standard InChI is InChI=1S/C18H16N2OS2/c1-13-7-9-14(10-8-13)17(21)20-18-19-15(12-23-18)11-22-16-5-3-2-4-6-16/h2-10,12H,11H2,1H3,(H,19,20,21). The van der Waals surface area contributed by atoms with Gasteiger partial charge in [0, 0.05) is 21.6 Å². The number of aryl methyl sites for hydroxylation is 1. The van der Waals surface area contributed by atoms with E-state index in [4.69, 9.17) is 0 Å². The lowest BCUT2D eigenvalue weighted by Gasteiger charge is -2.02. The molecule has 0 bridgehead atoms. The van der Waals surface area contributed by atoms with Crippen LogP contribution in [0.3, 0.4) is 0 Å². The Bertz CT molecular complexity index is 782. The average Bonchev–Trinajstić information content (AvgIpc) is 3.02. The third kappa shape index (κ3) is 4.43. The van der Waals surface area contributed by atoms with Gasteiger partial charge in [-0.05, 0) is 31.2 Å². The van der Waals surface area contributed by atoms with Crippen LogP contribution in [-0.4, -0.2) is 10.9 Å². The molecule has 0 radical (unpaired) electrons. The number of thioether (sulfide) groups is 1. The van der Waals surface area contributed by atoms with Gasteiger partial charge in [0.25, 0.3) is 5.91 Å². The largest absolute Gasteiger partial charge is 0.298 e. The summed E-state index contributed by atoms with van der Waals surface area (Å²) in [5.74, 6) is 0.669. The fourth-order valence-corrected chi connectivity index (χ4v) is 3.60. The lowest BCUT2D eigenvalue weighted by Crippen LogP contribution is -2.11. The number of anilines is 1. The van der Waals surface area contributed by atoms with E-state index >= 15 is 0 Å². The first-order valence-corrected chi connectivity index (χ1v) is 9.07. The van der Waals surface area contributed by atoms with Gasteiger partial charge < -0.3 is 0 Å². The van der Waals surface area contributed by atoms with Crippen molar-refractivity contribution in [2.75, 3.05) is 5.32 Å². The van der Waals surface area contributed by atoms with Gasteiger partial charge in [0.2, 0.25) is 0 Å². The molecule has 1 N–H and O–H groups in total. The summed E-state index contributed by atoms with van der Waals surface area (Å²) in [5.41, 5.74) is 2.75. The van der Waals surface area contributed by atoms with Crippen molar-refractivity contribution in [2.24, 2.45) is 0 Å². The molecule has 0 saturated heterocycles. The van der Waals surface area contributed by atoms with Crippen LogP contribution in [0.5, 0.6) is 0 Å². The van der Waals surface area contributed by atoms with Gasteiger partial charge in [-0.25, -0.2) is 4.98 Å². The van der Waals surface area contributed by atoms with Crippen LogP contribution in [-0.2, 0) is 5.75 Å². The van der Waals surface area contributed by atoms with Crippen LogP contribution >= 0.6 is 23.1 Å². The van der Waals surface area contributed by atoms with Gasteiger partial charge in [-0.3, -0.25) is 10.1 Å². The molecule has 23 heavy (non-hydrogen) atoms. The summed E-state index contributed by atoms with van der Waals surface area (Å²) in [5, 5.41) is 5.48. The molecule has 0 unspecified atom stereocenters. The van der Waals surface area contributed by atoms with Crippen LogP contribution in [0.2, 0.25) is 0 Å². The van der Waals surface area contributed by atoms with Crippen LogP contribution in [0.15, 0.2) is 64.9 Å². The zero-order valence-electron chi connectivity index (χ0n) is 12.7. The first-order chi connectivity index (χ1) is 11.2. The Balaban J connectivity index is 1.58. The molecule has 0 atom stereocenters. The van der Waals surface area contributed by atoms with Crippen molar-refractivity contribution in [3.05, 3.63) is 76.8 Å². The molecular weight excluding hydrogens is 324 g/mol. The van der Waals surface area contributed by atoms with Gasteiger partial charge in [-0.15, -0.1) is 23.1 Å². The van der Waals surface area contributed by atoms with E-state index in [1.165, 1.54) is 16.2 Å². The van der Waals surface area contributed by atoms with Crippen molar-refractivity contribution in [1.82, 2.24) is 4.98 Å². The van der Waals surface area contributed by atoms with E-state index in [-0.39, 0.29) is 5.91 Å². The number of aromatic nitrogens is 1. The number of hydrogen-bond donors (Lipinski definition) is 1. The summed E-state index contributed by atoms with van der Waals surface area (Å²) in [6, 6.07) is 17.7. The molecule has 0 spiro atoms. The third-order valence-electron chi connectivity index (χ3n) is 3.22. The molecule has 0 aliphatic carbocycles. The molecule has 1 heterocycles. The predicted octanol–water partition coefficient (Wildman–Crippen LogP) is 5.00. The van der Waals surface area contributed by atoms with Gasteiger partial charge in [0.1, 0.15) is 0 Å². The van der Waals surface area contributed by atoms with Crippen molar-refractivity contribution in [3.63, 3.8) is 0 Å². The zero-order chi connectivity index (χ0) is 16.1. The highest BCUT2D eigenvalue weighted by molar-refractivity contribution is 7.98. The zero-order valence-corrected chi connectivity index (χ0v) is 14.3. The Labute approximate surface area is 143 Å². The summed E-state index contributed by atoms with van der Waals surface area (Å²) < 4.78 is 0. The maximum atomic E-state index is 12.2. The molecule has 1 aromatic heterocycles. The number of thiazole rings is 1. The molecule has 0 aliphatic rings. The number of hydrogen-bond acceptors (Lipinski definition) is 4. The van der Waals surface area contributed by atoms with Crippen LogP contribution in [0, 0.1) is 6.92 Å². The van der Waals surface area contributed by atoms with E-state index in [1.807, 2.05) is 54.8 Å². The molecule has 0 saturated carbocycles. The Morgan fingerprint density at radius 3 is 2.61 bits per heavy atom. The predicted molar refractivity (Wildman–Crippen MR) is 97.2 cm³/mol. The van der Waals surface area contributed by atoms with E-state index < -0.39 is 0 Å². The highest BCUT2D eigenvalue weighted by atomic mass is 32.2. The normalized spacial score (nSPS) is 10.5. The summed E-state index contributed by atoms with van der Waals surface area (Å²) in [4.78, 5) is 17.9. The van der Waals surface area contributed by atoms with Gasteiger partial charge in [0.15, 0.2) is 5.13 Å². The Morgan fingerprint density at radius 2 is 1.87 bits per heavy atom.